The Labute approximate surface area is 95.2 Å². The predicted octanol–water partition coefficient (Wildman–Crippen LogP) is 1.25. The van der Waals surface area contributed by atoms with Crippen molar-refractivity contribution in [2.45, 2.75) is 6.54 Å². The third-order valence-corrected chi connectivity index (χ3v) is 2.24. The van der Waals surface area contributed by atoms with Crippen molar-refractivity contribution in [2.75, 3.05) is 27.2 Å². The summed E-state index contributed by atoms with van der Waals surface area (Å²) >= 11 is 0. The molecule has 0 aromatic heterocycles. The van der Waals surface area contributed by atoms with Crippen LogP contribution in [-0.4, -0.2) is 37.0 Å². The van der Waals surface area contributed by atoms with Crippen LogP contribution in [0.4, 0.5) is 5.69 Å². The highest BCUT2D eigenvalue weighted by molar-refractivity contribution is 5.39. The Morgan fingerprint density at radius 2 is 2.06 bits per heavy atom. The first-order chi connectivity index (χ1) is 7.61. The topological polar surface area (TPSA) is 58.4 Å². The summed E-state index contributed by atoms with van der Waals surface area (Å²) in [5.74, 6) is 0. The van der Waals surface area contributed by atoms with Gasteiger partial charge in [-0.2, -0.15) is 0 Å². The van der Waals surface area contributed by atoms with E-state index in [2.05, 4.69) is 10.2 Å². The quantitative estimate of drug-likeness (QED) is 0.448. The number of rotatable bonds is 6. The molecule has 0 bridgehead atoms. The van der Waals surface area contributed by atoms with Gasteiger partial charge in [0, 0.05) is 31.3 Å². The number of hydrogen-bond donors (Lipinski definition) is 1. The molecule has 0 fully saturated rings. The third-order valence-electron chi connectivity index (χ3n) is 2.24. The number of benzene rings is 1. The van der Waals surface area contributed by atoms with Crippen LogP contribution in [0.5, 0.6) is 0 Å². The van der Waals surface area contributed by atoms with E-state index in [1.165, 1.54) is 6.07 Å². The van der Waals surface area contributed by atoms with E-state index in [1.807, 2.05) is 20.2 Å². The van der Waals surface area contributed by atoms with Crippen molar-refractivity contribution in [1.82, 2.24) is 10.2 Å². The fourth-order valence-corrected chi connectivity index (χ4v) is 1.36. The maximum Gasteiger partial charge on any atom is 0.273 e. The largest absolute Gasteiger partial charge is 0.311 e. The lowest BCUT2D eigenvalue weighted by atomic mass is 10.2. The molecule has 0 aliphatic rings. The molecule has 0 atom stereocenters. The molecule has 0 aliphatic carbocycles. The molecule has 1 N–H and O–H groups in total. The molecule has 0 aliphatic heterocycles. The Morgan fingerprint density at radius 3 is 2.69 bits per heavy atom. The SMILES string of the molecule is CN(C)CCNCc1ccccc1[N+](=O)[O-]. The molecule has 0 saturated heterocycles. The van der Waals surface area contributed by atoms with Crippen molar-refractivity contribution in [3.8, 4) is 0 Å². The lowest BCUT2D eigenvalue weighted by molar-refractivity contribution is -0.385. The molecule has 0 unspecified atom stereocenters. The highest BCUT2D eigenvalue weighted by Crippen LogP contribution is 2.16. The smallest absolute Gasteiger partial charge is 0.273 e. The number of hydrogen-bond acceptors (Lipinski definition) is 4. The van der Waals surface area contributed by atoms with Gasteiger partial charge < -0.3 is 10.2 Å². The fraction of sp³-hybridized carbons (Fsp3) is 0.455. The molecule has 0 spiro atoms. The number of para-hydroxylation sites is 1. The summed E-state index contributed by atoms with van der Waals surface area (Å²) in [4.78, 5) is 12.4. The lowest BCUT2D eigenvalue weighted by Gasteiger charge is -2.10. The van der Waals surface area contributed by atoms with E-state index in [4.69, 9.17) is 0 Å². The van der Waals surface area contributed by atoms with Crippen molar-refractivity contribution in [3.63, 3.8) is 0 Å². The van der Waals surface area contributed by atoms with Gasteiger partial charge in [0.15, 0.2) is 0 Å². The Kier molecular flexibility index (Phi) is 4.88. The van der Waals surface area contributed by atoms with Gasteiger partial charge >= 0.3 is 0 Å². The summed E-state index contributed by atoms with van der Waals surface area (Å²) in [6.07, 6.45) is 0. The number of nitro benzene ring substituents is 1. The first-order valence-corrected chi connectivity index (χ1v) is 5.19. The summed E-state index contributed by atoms with van der Waals surface area (Å²) in [6.45, 7) is 2.27. The van der Waals surface area contributed by atoms with E-state index in [1.54, 1.807) is 12.1 Å². The van der Waals surface area contributed by atoms with Gasteiger partial charge in [0.1, 0.15) is 0 Å². The van der Waals surface area contributed by atoms with Gasteiger partial charge in [-0.1, -0.05) is 18.2 Å². The zero-order chi connectivity index (χ0) is 12.0. The molecular formula is C11H17N3O2. The average Bonchev–Trinajstić information content (AvgIpc) is 2.24. The molecule has 1 aromatic rings. The normalized spacial score (nSPS) is 10.7. The Hall–Kier alpha value is -1.46. The minimum absolute atomic E-state index is 0.180. The van der Waals surface area contributed by atoms with Crippen LogP contribution in [0.3, 0.4) is 0 Å². The third kappa shape index (κ3) is 3.96. The van der Waals surface area contributed by atoms with E-state index in [0.717, 1.165) is 18.7 Å². The molecular weight excluding hydrogens is 206 g/mol. The van der Waals surface area contributed by atoms with Crippen LogP contribution in [-0.2, 0) is 6.54 Å². The second kappa shape index (κ2) is 6.19. The molecule has 1 rings (SSSR count). The molecule has 0 saturated carbocycles. The standard InChI is InChI=1S/C11H17N3O2/c1-13(2)8-7-12-9-10-5-3-4-6-11(10)14(15)16/h3-6,12H,7-9H2,1-2H3. The van der Waals surface area contributed by atoms with E-state index in [9.17, 15) is 10.1 Å². The molecule has 1 aromatic carbocycles. The summed E-state index contributed by atoms with van der Waals surface area (Å²) in [7, 11) is 3.99. The molecule has 0 radical (unpaired) electrons. The van der Waals surface area contributed by atoms with Crippen molar-refractivity contribution in [1.29, 1.82) is 0 Å². The minimum atomic E-state index is -0.344. The Morgan fingerprint density at radius 1 is 1.38 bits per heavy atom. The summed E-state index contributed by atoms with van der Waals surface area (Å²) < 4.78 is 0. The van der Waals surface area contributed by atoms with Crippen molar-refractivity contribution >= 4 is 5.69 Å². The van der Waals surface area contributed by atoms with Crippen LogP contribution in [0.1, 0.15) is 5.56 Å². The first-order valence-electron chi connectivity index (χ1n) is 5.19. The number of nitro groups is 1. The van der Waals surface area contributed by atoms with E-state index < -0.39 is 0 Å². The number of nitrogens with zero attached hydrogens (tertiary/aromatic N) is 2. The highest BCUT2D eigenvalue weighted by atomic mass is 16.6. The van der Waals surface area contributed by atoms with E-state index >= 15 is 0 Å². The van der Waals surface area contributed by atoms with Gasteiger partial charge in [0.2, 0.25) is 0 Å². The molecule has 5 nitrogen and oxygen atoms in total. The number of likely N-dealkylation sites (N-methyl/N-ethyl adjacent to an activating group) is 1. The molecule has 5 heteroatoms. The second-order valence-corrected chi connectivity index (χ2v) is 3.87. The maximum atomic E-state index is 10.7. The summed E-state index contributed by atoms with van der Waals surface area (Å²) in [5, 5.41) is 13.9. The molecule has 88 valence electrons. The van der Waals surface area contributed by atoms with Crippen molar-refractivity contribution < 1.29 is 4.92 Å². The average molecular weight is 223 g/mol. The highest BCUT2D eigenvalue weighted by Gasteiger charge is 2.10. The lowest BCUT2D eigenvalue weighted by Crippen LogP contribution is -2.26. The van der Waals surface area contributed by atoms with Gasteiger partial charge in [-0.05, 0) is 14.1 Å². The van der Waals surface area contributed by atoms with Gasteiger partial charge in [-0.25, -0.2) is 0 Å². The summed E-state index contributed by atoms with van der Waals surface area (Å²) in [6, 6.07) is 6.81. The minimum Gasteiger partial charge on any atom is -0.311 e. The Bertz CT molecular complexity index is 353. The van der Waals surface area contributed by atoms with Crippen LogP contribution < -0.4 is 5.32 Å². The van der Waals surface area contributed by atoms with Crippen LogP contribution in [0, 0.1) is 10.1 Å². The zero-order valence-electron chi connectivity index (χ0n) is 9.64. The molecule has 0 heterocycles. The van der Waals surface area contributed by atoms with E-state index in [0.29, 0.717) is 6.54 Å². The van der Waals surface area contributed by atoms with Gasteiger partial charge in [-0.3, -0.25) is 10.1 Å². The van der Waals surface area contributed by atoms with E-state index in [-0.39, 0.29) is 10.6 Å². The monoisotopic (exact) mass is 223 g/mol. The van der Waals surface area contributed by atoms with Crippen LogP contribution in [0.25, 0.3) is 0 Å². The predicted molar refractivity (Wildman–Crippen MR) is 63.4 cm³/mol. The van der Waals surface area contributed by atoms with Crippen molar-refractivity contribution in [3.05, 3.63) is 39.9 Å². The van der Waals surface area contributed by atoms with Gasteiger partial charge in [0.05, 0.1) is 4.92 Å². The molecule has 16 heavy (non-hydrogen) atoms. The van der Waals surface area contributed by atoms with Gasteiger partial charge in [0.25, 0.3) is 5.69 Å². The molecule has 0 amide bonds. The maximum absolute atomic E-state index is 10.7. The van der Waals surface area contributed by atoms with Crippen LogP contribution >= 0.6 is 0 Å². The Balaban J connectivity index is 2.50. The summed E-state index contributed by atoms with van der Waals surface area (Å²) in [5.41, 5.74) is 0.908. The van der Waals surface area contributed by atoms with Crippen molar-refractivity contribution in [2.24, 2.45) is 0 Å². The first kappa shape index (κ1) is 12.6. The zero-order valence-corrected chi connectivity index (χ0v) is 9.64. The fourth-order valence-electron chi connectivity index (χ4n) is 1.36. The number of nitrogens with one attached hydrogen (secondary N) is 1. The second-order valence-electron chi connectivity index (χ2n) is 3.87. The van der Waals surface area contributed by atoms with Crippen LogP contribution in [0.2, 0.25) is 0 Å². The van der Waals surface area contributed by atoms with Gasteiger partial charge in [-0.15, -0.1) is 0 Å². The van der Waals surface area contributed by atoms with Crippen LogP contribution in [0.15, 0.2) is 24.3 Å².